The molecule has 0 aliphatic carbocycles. The van der Waals surface area contributed by atoms with Gasteiger partial charge in [0.25, 0.3) is 5.56 Å². The Bertz CT molecular complexity index is 1080. The van der Waals surface area contributed by atoms with Gasteiger partial charge in [-0.1, -0.05) is 32.0 Å². The predicted molar refractivity (Wildman–Crippen MR) is 112 cm³/mol. The Labute approximate surface area is 169 Å². The van der Waals surface area contributed by atoms with E-state index in [1.165, 1.54) is 28.9 Å². The molecule has 0 aliphatic rings. The van der Waals surface area contributed by atoms with Crippen molar-refractivity contribution in [1.29, 1.82) is 0 Å². The maximum Gasteiger partial charge on any atom is 0.322 e. The number of hydrogen-bond acceptors (Lipinski definition) is 3. The fourth-order valence-corrected chi connectivity index (χ4v) is 3.32. The highest BCUT2D eigenvalue weighted by atomic mass is 19.1. The predicted octanol–water partition coefficient (Wildman–Crippen LogP) is 4.32. The minimum atomic E-state index is -0.380. The lowest BCUT2D eigenvalue weighted by atomic mass is 10.0. The number of fused-ring (bicyclic) bond motifs is 1. The molecule has 3 aromatic rings. The normalized spacial score (nSPS) is 12.2. The number of benzene rings is 2. The second-order valence-corrected chi connectivity index (χ2v) is 7.52. The van der Waals surface area contributed by atoms with Gasteiger partial charge >= 0.3 is 6.03 Å². The van der Waals surface area contributed by atoms with Gasteiger partial charge in [0, 0.05) is 24.7 Å². The second-order valence-electron chi connectivity index (χ2n) is 7.52. The van der Waals surface area contributed by atoms with E-state index < -0.39 is 0 Å². The number of hydrogen-bond donors (Lipinski definition) is 1. The van der Waals surface area contributed by atoms with Crippen LogP contribution in [0.15, 0.2) is 53.3 Å². The first-order valence-electron chi connectivity index (χ1n) is 9.57. The summed E-state index contributed by atoms with van der Waals surface area (Å²) in [5.74, 6) is -0.147. The molecule has 0 aliphatic heterocycles. The van der Waals surface area contributed by atoms with Gasteiger partial charge in [-0.05, 0) is 43.2 Å². The molecular formula is C22H25FN4O2. The average molecular weight is 396 g/mol. The summed E-state index contributed by atoms with van der Waals surface area (Å²) in [7, 11) is 1.61. The Hall–Kier alpha value is -3.22. The van der Waals surface area contributed by atoms with E-state index in [1.54, 1.807) is 18.0 Å². The summed E-state index contributed by atoms with van der Waals surface area (Å²) in [4.78, 5) is 27.2. The molecule has 2 amide bonds. The van der Waals surface area contributed by atoms with Crippen LogP contribution in [0, 0.1) is 11.7 Å². The summed E-state index contributed by atoms with van der Waals surface area (Å²) in [5.41, 5.74) is 0.982. The van der Waals surface area contributed by atoms with E-state index in [0.717, 1.165) is 5.39 Å². The number of nitrogens with zero attached hydrogens (tertiary/aromatic N) is 3. The Morgan fingerprint density at radius 3 is 2.34 bits per heavy atom. The molecular weight excluding hydrogens is 371 g/mol. The molecule has 0 saturated carbocycles. The van der Waals surface area contributed by atoms with Gasteiger partial charge in [-0.25, -0.2) is 13.9 Å². The summed E-state index contributed by atoms with van der Waals surface area (Å²) >= 11 is 0. The molecule has 3 rings (SSSR count). The van der Waals surface area contributed by atoms with Crippen LogP contribution in [-0.4, -0.2) is 27.3 Å². The van der Waals surface area contributed by atoms with Crippen LogP contribution in [0.5, 0.6) is 0 Å². The number of nitrogens with one attached hydrogen (secondary N) is 1. The number of aryl methyl sites for hydroxylation is 1. The van der Waals surface area contributed by atoms with Crippen molar-refractivity contribution in [3.05, 3.63) is 70.4 Å². The Kier molecular flexibility index (Phi) is 5.96. The number of urea groups is 1. The number of aromatic nitrogens is 2. The van der Waals surface area contributed by atoms with E-state index in [-0.39, 0.29) is 29.4 Å². The van der Waals surface area contributed by atoms with E-state index in [2.05, 4.69) is 10.4 Å². The van der Waals surface area contributed by atoms with Crippen LogP contribution in [0.1, 0.15) is 32.5 Å². The van der Waals surface area contributed by atoms with Gasteiger partial charge in [-0.3, -0.25) is 4.79 Å². The third-order valence-electron chi connectivity index (χ3n) is 4.77. The molecule has 1 heterocycles. The topological polar surface area (TPSA) is 67.2 Å². The molecule has 0 radical (unpaired) electrons. The number of anilines is 1. The fourth-order valence-electron chi connectivity index (χ4n) is 3.32. The highest BCUT2D eigenvalue weighted by Crippen LogP contribution is 2.26. The van der Waals surface area contributed by atoms with Crippen LogP contribution in [-0.2, 0) is 7.05 Å². The van der Waals surface area contributed by atoms with Crippen LogP contribution < -0.4 is 10.9 Å². The molecule has 1 atom stereocenters. The van der Waals surface area contributed by atoms with Crippen LogP contribution in [0.25, 0.3) is 10.8 Å². The van der Waals surface area contributed by atoms with Crippen LogP contribution in [0.4, 0.5) is 14.9 Å². The summed E-state index contributed by atoms with van der Waals surface area (Å²) < 4.78 is 14.5. The molecule has 7 heteroatoms. The largest absolute Gasteiger partial charge is 0.322 e. The lowest BCUT2D eigenvalue weighted by molar-refractivity contribution is 0.182. The van der Waals surface area contributed by atoms with Crippen molar-refractivity contribution in [3.63, 3.8) is 0 Å². The van der Waals surface area contributed by atoms with Gasteiger partial charge in [-0.15, -0.1) is 0 Å². The third-order valence-corrected chi connectivity index (χ3v) is 4.77. The molecule has 0 unspecified atom stereocenters. The SMILES string of the molecule is CC(C)CN(C(=O)Nc1ccc(F)cc1)[C@H](C)c1nn(C)c(=O)c2ccccc12. The lowest BCUT2D eigenvalue weighted by Crippen LogP contribution is -2.40. The van der Waals surface area contributed by atoms with Gasteiger partial charge < -0.3 is 10.2 Å². The summed E-state index contributed by atoms with van der Waals surface area (Å²) in [6, 6.07) is 12.2. The van der Waals surface area contributed by atoms with Crippen molar-refractivity contribution >= 4 is 22.5 Å². The van der Waals surface area contributed by atoms with E-state index >= 15 is 0 Å². The van der Waals surface area contributed by atoms with Crippen LogP contribution in [0.2, 0.25) is 0 Å². The number of amides is 2. The summed E-state index contributed by atoms with van der Waals surface area (Å²) in [6.07, 6.45) is 0. The molecule has 0 fully saturated rings. The molecule has 0 spiro atoms. The zero-order valence-corrected chi connectivity index (χ0v) is 17.0. The van der Waals surface area contributed by atoms with Gasteiger partial charge in [0.15, 0.2) is 0 Å². The average Bonchev–Trinajstić information content (AvgIpc) is 2.70. The van der Waals surface area contributed by atoms with E-state index in [9.17, 15) is 14.0 Å². The van der Waals surface area contributed by atoms with E-state index in [1.807, 2.05) is 39.0 Å². The number of carbonyl (C=O) groups excluding carboxylic acids is 1. The van der Waals surface area contributed by atoms with Gasteiger partial charge in [0.1, 0.15) is 5.82 Å². The van der Waals surface area contributed by atoms with Crippen molar-refractivity contribution in [1.82, 2.24) is 14.7 Å². The number of halogens is 1. The smallest absolute Gasteiger partial charge is 0.316 e. The van der Waals surface area contributed by atoms with Crippen molar-refractivity contribution in [3.8, 4) is 0 Å². The third kappa shape index (κ3) is 4.45. The van der Waals surface area contributed by atoms with Crippen LogP contribution >= 0.6 is 0 Å². The quantitative estimate of drug-likeness (QED) is 0.698. The first-order chi connectivity index (χ1) is 13.8. The maximum absolute atomic E-state index is 13.2. The van der Waals surface area contributed by atoms with Crippen molar-refractivity contribution in [2.24, 2.45) is 13.0 Å². The lowest BCUT2D eigenvalue weighted by Gasteiger charge is -2.31. The maximum atomic E-state index is 13.2. The highest BCUT2D eigenvalue weighted by Gasteiger charge is 2.26. The first-order valence-corrected chi connectivity index (χ1v) is 9.57. The summed E-state index contributed by atoms with van der Waals surface area (Å²) in [6.45, 7) is 6.44. The number of rotatable bonds is 5. The molecule has 152 valence electrons. The number of carbonyl (C=O) groups is 1. The Balaban J connectivity index is 2.00. The first kappa shape index (κ1) is 20.5. The van der Waals surface area contributed by atoms with E-state index in [4.69, 9.17) is 0 Å². The van der Waals surface area contributed by atoms with Crippen molar-refractivity contribution in [2.75, 3.05) is 11.9 Å². The van der Waals surface area contributed by atoms with Crippen molar-refractivity contribution < 1.29 is 9.18 Å². The molecule has 0 saturated heterocycles. The Morgan fingerprint density at radius 1 is 1.10 bits per heavy atom. The van der Waals surface area contributed by atoms with E-state index in [0.29, 0.717) is 23.3 Å². The Morgan fingerprint density at radius 2 is 1.72 bits per heavy atom. The molecule has 1 N–H and O–H groups in total. The standard InChI is InChI=1S/C22H25FN4O2/c1-14(2)13-27(22(29)24-17-11-9-16(23)10-12-17)15(3)20-18-7-5-6-8-19(18)21(28)26(4)25-20/h5-12,14-15H,13H2,1-4H3,(H,24,29)/t15-/m1/s1. The molecule has 0 bridgehead atoms. The molecule has 6 nitrogen and oxygen atoms in total. The van der Waals surface area contributed by atoms with Gasteiger partial charge in [0.2, 0.25) is 0 Å². The second kappa shape index (κ2) is 8.43. The van der Waals surface area contributed by atoms with Gasteiger partial charge in [-0.2, -0.15) is 5.10 Å². The minimum Gasteiger partial charge on any atom is -0.316 e. The minimum absolute atomic E-state index is 0.178. The van der Waals surface area contributed by atoms with Crippen molar-refractivity contribution in [2.45, 2.75) is 26.8 Å². The zero-order chi connectivity index (χ0) is 21.1. The van der Waals surface area contributed by atoms with Gasteiger partial charge in [0.05, 0.1) is 17.1 Å². The molecule has 2 aromatic carbocycles. The highest BCUT2D eigenvalue weighted by molar-refractivity contribution is 5.90. The monoisotopic (exact) mass is 396 g/mol. The zero-order valence-electron chi connectivity index (χ0n) is 17.0. The molecule has 29 heavy (non-hydrogen) atoms. The summed E-state index contributed by atoms with van der Waals surface area (Å²) in [5, 5.41) is 8.58. The molecule has 1 aromatic heterocycles. The fraction of sp³-hybridized carbons (Fsp3) is 0.318. The van der Waals surface area contributed by atoms with Crippen LogP contribution in [0.3, 0.4) is 0 Å².